The van der Waals surface area contributed by atoms with Gasteiger partial charge < -0.3 is 18.9 Å². The van der Waals surface area contributed by atoms with Crippen molar-refractivity contribution in [3.05, 3.63) is 97.2 Å². The minimum Gasteiger partial charge on any atom is -0.462 e. The van der Waals surface area contributed by atoms with Gasteiger partial charge in [0.05, 0.1) is 27.7 Å². The normalized spacial score (nSPS) is 14.0. The molecule has 0 saturated carbocycles. The zero-order chi connectivity index (χ0) is 54.2. The molecule has 9 nitrogen and oxygen atoms in total. The lowest BCUT2D eigenvalue weighted by atomic mass is 10.0. The third kappa shape index (κ3) is 58.2. The molecule has 2 unspecified atom stereocenters. The first-order valence-corrected chi connectivity index (χ1v) is 31.5. The topological polar surface area (TPSA) is 108 Å². The van der Waals surface area contributed by atoms with Gasteiger partial charge in [0.2, 0.25) is 0 Å². The van der Waals surface area contributed by atoms with Gasteiger partial charge in [-0.05, 0) is 96.3 Å². The number of phosphoric ester groups is 1. The number of phosphoric acid groups is 1. The summed E-state index contributed by atoms with van der Waals surface area (Å²) >= 11 is 0. The third-order valence-electron chi connectivity index (χ3n) is 12.6. The van der Waals surface area contributed by atoms with Gasteiger partial charge in [0, 0.05) is 12.8 Å². The first-order chi connectivity index (χ1) is 36.0. The lowest BCUT2D eigenvalue weighted by Crippen LogP contribution is -2.37. The van der Waals surface area contributed by atoms with Crippen LogP contribution in [0.15, 0.2) is 97.2 Å². The predicted molar refractivity (Wildman–Crippen MR) is 316 cm³/mol. The molecule has 0 heterocycles. The molecule has 0 bridgehead atoms. The smallest absolute Gasteiger partial charge is 0.462 e. The number of allylic oxidation sites excluding steroid dienone is 16. The van der Waals surface area contributed by atoms with Crippen molar-refractivity contribution in [1.82, 2.24) is 0 Å². The molecule has 0 saturated heterocycles. The Morgan fingerprint density at radius 3 is 1.15 bits per heavy atom. The van der Waals surface area contributed by atoms with Crippen molar-refractivity contribution in [2.75, 3.05) is 47.5 Å². The Bertz CT molecular complexity index is 1570. The summed E-state index contributed by atoms with van der Waals surface area (Å²) < 4.78 is 34.6. The molecule has 74 heavy (non-hydrogen) atoms. The first-order valence-electron chi connectivity index (χ1n) is 30.0. The van der Waals surface area contributed by atoms with E-state index in [2.05, 4.69) is 111 Å². The second-order valence-electron chi connectivity index (χ2n) is 21.0. The number of quaternary nitrogens is 1. The number of hydrogen-bond donors (Lipinski definition) is 1. The van der Waals surface area contributed by atoms with E-state index >= 15 is 0 Å². The molecule has 0 fully saturated rings. The molecule has 0 aliphatic rings. The Labute approximate surface area is 455 Å². The number of hydrogen-bond acceptors (Lipinski definition) is 7. The summed E-state index contributed by atoms with van der Waals surface area (Å²) in [5, 5.41) is 0. The van der Waals surface area contributed by atoms with Crippen molar-refractivity contribution in [1.29, 1.82) is 0 Å². The van der Waals surface area contributed by atoms with Crippen LogP contribution in [-0.2, 0) is 32.7 Å². The molecule has 2 atom stereocenters. The molecule has 0 aliphatic carbocycles. The van der Waals surface area contributed by atoms with Crippen LogP contribution in [-0.4, -0.2) is 74.9 Å². The van der Waals surface area contributed by atoms with Gasteiger partial charge in [-0.2, -0.15) is 0 Å². The highest BCUT2D eigenvalue weighted by Crippen LogP contribution is 2.43. The molecule has 0 spiro atoms. The van der Waals surface area contributed by atoms with Gasteiger partial charge >= 0.3 is 19.8 Å². The summed E-state index contributed by atoms with van der Waals surface area (Å²) in [6.45, 7) is 4.30. The maximum absolute atomic E-state index is 12.8. The summed E-state index contributed by atoms with van der Waals surface area (Å²) in [5.74, 6) is -0.814. The van der Waals surface area contributed by atoms with E-state index in [-0.39, 0.29) is 32.0 Å². The minimum absolute atomic E-state index is 0.0244. The Balaban J connectivity index is 4.19. The van der Waals surface area contributed by atoms with Crippen LogP contribution in [0.5, 0.6) is 0 Å². The molecular weight excluding hydrogens is 942 g/mol. The van der Waals surface area contributed by atoms with E-state index in [1.54, 1.807) is 0 Å². The lowest BCUT2D eigenvalue weighted by Gasteiger charge is -2.24. The highest BCUT2D eigenvalue weighted by Gasteiger charge is 2.27. The minimum atomic E-state index is -4.40. The molecular formula is C64H113NO8P+. The van der Waals surface area contributed by atoms with Crippen LogP contribution in [0.1, 0.15) is 245 Å². The zero-order valence-electron chi connectivity index (χ0n) is 48.3. The first kappa shape index (κ1) is 70.9. The molecule has 1 N–H and O–H groups in total. The quantitative estimate of drug-likeness (QED) is 0.0211. The second-order valence-corrected chi connectivity index (χ2v) is 22.5. The molecule has 0 aromatic heterocycles. The monoisotopic (exact) mass is 1050 g/mol. The van der Waals surface area contributed by atoms with Crippen molar-refractivity contribution >= 4 is 19.8 Å². The maximum Gasteiger partial charge on any atom is 0.472 e. The fourth-order valence-electron chi connectivity index (χ4n) is 7.99. The number of unbranched alkanes of at least 4 members (excludes halogenated alkanes) is 24. The Morgan fingerprint density at radius 2 is 0.770 bits per heavy atom. The second kappa shape index (κ2) is 54.7. The predicted octanol–water partition coefficient (Wildman–Crippen LogP) is 18.8. The summed E-state index contributed by atoms with van der Waals surface area (Å²) in [6.07, 6.45) is 74.7. The molecule has 0 amide bonds. The van der Waals surface area contributed by atoms with E-state index in [9.17, 15) is 19.0 Å². The summed E-state index contributed by atoms with van der Waals surface area (Å²) in [7, 11) is 1.46. The Morgan fingerprint density at radius 1 is 0.432 bits per heavy atom. The fraction of sp³-hybridized carbons (Fsp3) is 0.719. The number of nitrogens with zero attached hydrogens (tertiary/aromatic N) is 1. The van der Waals surface area contributed by atoms with Gasteiger partial charge in [-0.15, -0.1) is 0 Å². The van der Waals surface area contributed by atoms with Gasteiger partial charge in [0.15, 0.2) is 6.10 Å². The van der Waals surface area contributed by atoms with E-state index in [1.165, 1.54) is 122 Å². The van der Waals surface area contributed by atoms with E-state index in [0.717, 1.165) is 89.9 Å². The van der Waals surface area contributed by atoms with Gasteiger partial charge in [-0.1, -0.05) is 233 Å². The van der Waals surface area contributed by atoms with Gasteiger partial charge in [0.25, 0.3) is 0 Å². The van der Waals surface area contributed by atoms with Crippen LogP contribution in [0.3, 0.4) is 0 Å². The van der Waals surface area contributed by atoms with Gasteiger partial charge in [0.1, 0.15) is 19.8 Å². The number of ether oxygens (including phenoxy) is 2. The standard InChI is InChI=1S/C64H112NO8P/c1-6-8-10-12-14-16-18-20-22-24-26-28-30-31-32-33-35-36-38-40-42-44-46-48-50-52-54-56-63(66)70-60-62(61-72-74(68,69)71-59-58-65(3,4)5)73-64(67)57-55-53-51-49-47-45-43-41-39-37-34-29-27-25-23-21-19-17-15-13-11-9-7-2/h9,11,15,17-18,20-21,23-24,26-27,29-31,37,39,62H,6-8,10,12-14,16,19,22,25,28,32-36,38,40-61H2,1-5H3/p+1/b11-9-,17-15-,20-18-,23-21-,26-24-,29-27-,31-30-,39-37-. The SMILES string of the molecule is CC/C=C\C/C=C\C/C=C\C/C=C\C/C=C\CCCCCCCCCC(=O)OC(COC(=O)CCCCCCCCCCCCCC/C=C\C/C=C\C/C=C\CCCCCCC)COP(=O)(O)OCC[N+](C)(C)C. The summed E-state index contributed by atoms with van der Waals surface area (Å²) in [5.41, 5.74) is 0. The number of esters is 2. The van der Waals surface area contributed by atoms with Crippen molar-refractivity contribution in [3.63, 3.8) is 0 Å². The highest BCUT2D eigenvalue weighted by molar-refractivity contribution is 7.47. The van der Waals surface area contributed by atoms with Crippen molar-refractivity contribution in [2.24, 2.45) is 0 Å². The molecule has 0 rings (SSSR count). The number of likely N-dealkylation sites (N-methyl/N-ethyl adjacent to an activating group) is 1. The van der Waals surface area contributed by atoms with E-state index in [0.29, 0.717) is 17.4 Å². The molecule has 10 heteroatoms. The zero-order valence-corrected chi connectivity index (χ0v) is 49.2. The van der Waals surface area contributed by atoms with E-state index in [4.69, 9.17) is 18.5 Å². The maximum atomic E-state index is 12.8. The van der Waals surface area contributed by atoms with Crippen molar-refractivity contribution in [2.45, 2.75) is 251 Å². The fourth-order valence-corrected chi connectivity index (χ4v) is 8.73. The van der Waals surface area contributed by atoms with Crippen LogP contribution in [0.25, 0.3) is 0 Å². The van der Waals surface area contributed by atoms with Crippen LogP contribution in [0, 0.1) is 0 Å². The van der Waals surface area contributed by atoms with Crippen LogP contribution >= 0.6 is 7.82 Å². The third-order valence-corrected chi connectivity index (χ3v) is 13.6. The van der Waals surface area contributed by atoms with Crippen molar-refractivity contribution < 1.29 is 42.1 Å². The average Bonchev–Trinajstić information content (AvgIpc) is 3.36. The largest absolute Gasteiger partial charge is 0.472 e. The van der Waals surface area contributed by atoms with Crippen LogP contribution < -0.4 is 0 Å². The summed E-state index contributed by atoms with van der Waals surface area (Å²) in [6, 6.07) is 0. The van der Waals surface area contributed by atoms with Crippen molar-refractivity contribution in [3.8, 4) is 0 Å². The molecule has 0 radical (unpaired) electrons. The average molecular weight is 1060 g/mol. The Kier molecular flexibility index (Phi) is 52.4. The van der Waals surface area contributed by atoms with E-state index in [1.807, 2.05) is 21.1 Å². The van der Waals surface area contributed by atoms with Gasteiger partial charge in [-0.3, -0.25) is 18.6 Å². The molecule has 0 aromatic carbocycles. The number of carbonyl (C=O) groups excluding carboxylic acids is 2. The molecule has 0 aromatic rings. The number of carbonyl (C=O) groups is 2. The van der Waals surface area contributed by atoms with E-state index < -0.39 is 26.5 Å². The van der Waals surface area contributed by atoms with Crippen LogP contribution in [0.2, 0.25) is 0 Å². The Hall–Kier alpha value is -3.07. The van der Waals surface area contributed by atoms with Gasteiger partial charge in [-0.25, -0.2) is 4.57 Å². The molecule has 426 valence electrons. The highest BCUT2D eigenvalue weighted by atomic mass is 31.2. The lowest BCUT2D eigenvalue weighted by molar-refractivity contribution is -0.870. The summed E-state index contributed by atoms with van der Waals surface area (Å²) in [4.78, 5) is 35.7. The molecule has 0 aliphatic heterocycles. The van der Waals surface area contributed by atoms with Crippen LogP contribution in [0.4, 0.5) is 0 Å². The number of rotatable bonds is 54.